The average Bonchev–Trinajstić information content (AvgIpc) is 3.04. The van der Waals surface area contributed by atoms with Crippen molar-refractivity contribution in [3.8, 4) is 11.5 Å². The second kappa shape index (κ2) is 9.93. The van der Waals surface area contributed by atoms with Crippen molar-refractivity contribution in [2.75, 3.05) is 40.4 Å². The predicted octanol–water partition coefficient (Wildman–Crippen LogP) is 2.78. The van der Waals surface area contributed by atoms with Gasteiger partial charge in [-0.15, -0.1) is 0 Å². The fourth-order valence-electron chi connectivity index (χ4n) is 3.34. The zero-order valence-corrected chi connectivity index (χ0v) is 18.3. The topological polar surface area (TPSA) is 76.2 Å². The predicted molar refractivity (Wildman–Crippen MR) is 115 cm³/mol. The first-order valence-electron chi connectivity index (χ1n) is 9.80. The first-order chi connectivity index (χ1) is 14.8. The van der Waals surface area contributed by atoms with Crippen LogP contribution < -0.4 is 9.47 Å². The number of carbonyl (C=O) groups is 1. The molecule has 0 aliphatic carbocycles. The van der Waals surface area contributed by atoms with E-state index in [0.29, 0.717) is 31.0 Å². The summed E-state index contributed by atoms with van der Waals surface area (Å²) >= 11 is 0. The van der Waals surface area contributed by atoms with Crippen LogP contribution in [-0.4, -0.2) is 63.9 Å². The molecule has 0 bridgehead atoms. The van der Waals surface area contributed by atoms with Gasteiger partial charge in [-0.2, -0.15) is 4.31 Å². The van der Waals surface area contributed by atoms with E-state index >= 15 is 0 Å². The van der Waals surface area contributed by atoms with E-state index in [1.165, 1.54) is 22.5 Å². The van der Waals surface area contributed by atoms with Crippen molar-refractivity contribution < 1.29 is 27.1 Å². The largest absolute Gasteiger partial charge is 0.493 e. The highest BCUT2D eigenvalue weighted by Crippen LogP contribution is 2.28. The Kier molecular flexibility index (Phi) is 7.29. The van der Waals surface area contributed by atoms with Crippen LogP contribution >= 0.6 is 0 Å². The summed E-state index contributed by atoms with van der Waals surface area (Å²) < 4.78 is 50.6. The van der Waals surface area contributed by atoms with Gasteiger partial charge >= 0.3 is 0 Å². The standard InChI is InChI=1S/C22H25FN2O5S/c1-29-20-10-4-17(16-21(20)30-2)5-11-22(26)24-12-3-13-25(15-14-24)31(27,28)19-8-6-18(23)7-9-19/h4-11,16H,3,12-15H2,1-2H3/b11-5+. The molecule has 9 heteroatoms. The molecule has 1 amide bonds. The molecule has 31 heavy (non-hydrogen) atoms. The molecule has 0 aromatic heterocycles. The lowest BCUT2D eigenvalue weighted by Crippen LogP contribution is -2.36. The highest BCUT2D eigenvalue weighted by Gasteiger charge is 2.27. The molecule has 1 saturated heterocycles. The molecule has 0 saturated carbocycles. The Labute approximate surface area is 181 Å². The quantitative estimate of drug-likeness (QED) is 0.636. The molecule has 3 rings (SSSR count). The number of ether oxygens (including phenoxy) is 2. The molecule has 1 fully saturated rings. The minimum atomic E-state index is -3.74. The number of methoxy groups -OCH3 is 2. The third-order valence-corrected chi connectivity index (χ3v) is 6.96. The molecule has 0 spiro atoms. The Bertz CT molecular complexity index is 1050. The van der Waals surface area contributed by atoms with Crippen LogP contribution in [0, 0.1) is 5.82 Å². The summed E-state index contributed by atoms with van der Waals surface area (Å²) in [7, 11) is -0.643. The Morgan fingerprint density at radius 1 is 0.968 bits per heavy atom. The molecular weight excluding hydrogens is 423 g/mol. The van der Waals surface area contributed by atoms with Crippen LogP contribution in [0.15, 0.2) is 53.4 Å². The molecule has 1 heterocycles. The summed E-state index contributed by atoms with van der Waals surface area (Å²) in [5, 5.41) is 0. The molecular formula is C22H25FN2O5S. The summed E-state index contributed by atoms with van der Waals surface area (Å²) in [6.45, 7) is 1.19. The highest BCUT2D eigenvalue weighted by atomic mass is 32.2. The third kappa shape index (κ3) is 5.42. The number of sulfonamides is 1. The zero-order valence-electron chi connectivity index (χ0n) is 17.5. The summed E-state index contributed by atoms with van der Waals surface area (Å²) in [4.78, 5) is 14.3. The Morgan fingerprint density at radius 2 is 1.68 bits per heavy atom. The van der Waals surface area contributed by atoms with Crippen molar-refractivity contribution in [2.24, 2.45) is 0 Å². The number of benzene rings is 2. The van der Waals surface area contributed by atoms with E-state index in [1.807, 2.05) is 6.07 Å². The first kappa shape index (κ1) is 22.8. The van der Waals surface area contributed by atoms with Gasteiger partial charge in [-0.05, 0) is 54.5 Å². The van der Waals surface area contributed by atoms with Crippen LogP contribution in [0.3, 0.4) is 0 Å². The van der Waals surface area contributed by atoms with E-state index < -0.39 is 15.8 Å². The molecule has 0 radical (unpaired) electrons. The number of amides is 1. The Morgan fingerprint density at radius 3 is 2.35 bits per heavy atom. The van der Waals surface area contributed by atoms with E-state index in [9.17, 15) is 17.6 Å². The molecule has 0 atom stereocenters. The number of rotatable bonds is 6. The summed E-state index contributed by atoms with van der Waals surface area (Å²) in [5.74, 6) is 0.470. The molecule has 2 aromatic carbocycles. The maximum atomic E-state index is 13.1. The minimum absolute atomic E-state index is 0.0435. The van der Waals surface area contributed by atoms with Gasteiger partial charge in [-0.1, -0.05) is 6.07 Å². The Hall–Kier alpha value is -2.91. The molecule has 1 aliphatic heterocycles. The lowest BCUT2D eigenvalue weighted by atomic mass is 10.2. The Balaban J connectivity index is 1.65. The third-order valence-electron chi connectivity index (χ3n) is 5.04. The van der Waals surface area contributed by atoms with Crippen LogP contribution in [-0.2, 0) is 14.8 Å². The van der Waals surface area contributed by atoms with Crippen molar-refractivity contribution in [3.05, 3.63) is 59.9 Å². The van der Waals surface area contributed by atoms with Crippen LogP contribution in [0.1, 0.15) is 12.0 Å². The number of hydrogen-bond donors (Lipinski definition) is 0. The van der Waals surface area contributed by atoms with E-state index in [1.54, 1.807) is 37.3 Å². The SMILES string of the molecule is COc1ccc(/C=C/C(=O)N2CCCN(S(=O)(=O)c3ccc(F)cc3)CC2)cc1OC. The van der Waals surface area contributed by atoms with E-state index in [0.717, 1.165) is 17.7 Å². The number of carbonyl (C=O) groups excluding carboxylic acids is 1. The summed E-state index contributed by atoms with van der Waals surface area (Å²) in [6.07, 6.45) is 3.66. The smallest absolute Gasteiger partial charge is 0.246 e. The lowest BCUT2D eigenvalue weighted by molar-refractivity contribution is -0.125. The van der Waals surface area contributed by atoms with Crippen LogP contribution in [0.4, 0.5) is 4.39 Å². The van der Waals surface area contributed by atoms with Gasteiger partial charge in [-0.25, -0.2) is 12.8 Å². The normalized spacial score (nSPS) is 15.6. The van der Waals surface area contributed by atoms with Crippen molar-refractivity contribution in [2.45, 2.75) is 11.3 Å². The van der Waals surface area contributed by atoms with Gasteiger partial charge < -0.3 is 14.4 Å². The van der Waals surface area contributed by atoms with E-state index in [4.69, 9.17) is 9.47 Å². The van der Waals surface area contributed by atoms with Crippen molar-refractivity contribution >= 4 is 22.0 Å². The van der Waals surface area contributed by atoms with Gasteiger partial charge in [0.1, 0.15) is 5.82 Å². The van der Waals surface area contributed by atoms with Crippen LogP contribution in [0.5, 0.6) is 11.5 Å². The van der Waals surface area contributed by atoms with Crippen LogP contribution in [0.25, 0.3) is 6.08 Å². The zero-order chi connectivity index (χ0) is 22.4. The number of nitrogens with zero attached hydrogens (tertiary/aromatic N) is 2. The maximum Gasteiger partial charge on any atom is 0.246 e. The fraction of sp³-hybridized carbons (Fsp3) is 0.318. The second-order valence-electron chi connectivity index (χ2n) is 6.98. The van der Waals surface area contributed by atoms with Gasteiger partial charge in [0.05, 0.1) is 19.1 Å². The maximum absolute atomic E-state index is 13.1. The van der Waals surface area contributed by atoms with Gasteiger partial charge in [0.25, 0.3) is 0 Å². The average molecular weight is 449 g/mol. The summed E-state index contributed by atoms with van der Waals surface area (Å²) in [6, 6.07) is 10.1. The second-order valence-corrected chi connectivity index (χ2v) is 8.92. The molecule has 1 aliphatic rings. The number of hydrogen-bond acceptors (Lipinski definition) is 5. The minimum Gasteiger partial charge on any atom is -0.493 e. The lowest BCUT2D eigenvalue weighted by Gasteiger charge is -2.21. The van der Waals surface area contributed by atoms with Crippen molar-refractivity contribution in [1.29, 1.82) is 0 Å². The molecule has 166 valence electrons. The molecule has 0 N–H and O–H groups in total. The highest BCUT2D eigenvalue weighted by molar-refractivity contribution is 7.89. The van der Waals surface area contributed by atoms with Gasteiger partial charge in [-0.3, -0.25) is 4.79 Å². The van der Waals surface area contributed by atoms with Gasteiger partial charge in [0.2, 0.25) is 15.9 Å². The molecule has 2 aromatic rings. The number of halogens is 1. The van der Waals surface area contributed by atoms with Crippen LogP contribution in [0.2, 0.25) is 0 Å². The molecule has 7 nitrogen and oxygen atoms in total. The van der Waals surface area contributed by atoms with Crippen molar-refractivity contribution in [1.82, 2.24) is 9.21 Å². The van der Waals surface area contributed by atoms with Gasteiger partial charge in [0.15, 0.2) is 11.5 Å². The summed E-state index contributed by atoms with van der Waals surface area (Å²) in [5.41, 5.74) is 0.779. The van der Waals surface area contributed by atoms with Gasteiger partial charge in [0, 0.05) is 32.3 Å². The molecule has 0 unspecified atom stereocenters. The van der Waals surface area contributed by atoms with E-state index in [2.05, 4.69) is 0 Å². The van der Waals surface area contributed by atoms with Crippen molar-refractivity contribution in [3.63, 3.8) is 0 Å². The fourth-order valence-corrected chi connectivity index (χ4v) is 4.81. The monoisotopic (exact) mass is 448 g/mol. The first-order valence-corrected chi connectivity index (χ1v) is 11.2. The van der Waals surface area contributed by atoms with E-state index in [-0.39, 0.29) is 23.9 Å².